The first kappa shape index (κ1) is 16.4. The van der Waals surface area contributed by atoms with Crippen LogP contribution in [0.1, 0.15) is 18.1 Å². The number of aryl methyl sites for hydroxylation is 1. The standard InChI is InChI=1S/C18H13ClN2O5/c1-2-10-6-15-12(8-13(10)19)11(7-16(22)25-15)9-21-18(23)26-17(20-21)14-4-3-5-24-14/h3-8H,2,9H2,1H3. The van der Waals surface area contributed by atoms with Crippen molar-refractivity contribution in [1.29, 1.82) is 0 Å². The maximum atomic E-state index is 12.1. The van der Waals surface area contributed by atoms with Crippen molar-refractivity contribution in [2.45, 2.75) is 19.9 Å². The SMILES string of the molecule is CCc1cc2oc(=O)cc(Cn3nc(-c4ccco4)oc3=O)c2cc1Cl. The molecule has 1 aromatic carbocycles. The van der Waals surface area contributed by atoms with Crippen molar-refractivity contribution in [3.8, 4) is 11.7 Å². The Balaban J connectivity index is 1.82. The molecule has 132 valence electrons. The van der Waals surface area contributed by atoms with Crippen LogP contribution in [-0.4, -0.2) is 9.78 Å². The lowest BCUT2D eigenvalue weighted by Crippen LogP contribution is -2.17. The fourth-order valence-corrected chi connectivity index (χ4v) is 3.06. The van der Waals surface area contributed by atoms with Gasteiger partial charge in [0, 0.05) is 16.5 Å². The number of fused-ring (bicyclic) bond motifs is 1. The summed E-state index contributed by atoms with van der Waals surface area (Å²) in [5.74, 6) is -0.249. The third-order valence-corrected chi connectivity index (χ3v) is 4.39. The monoisotopic (exact) mass is 372 g/mol. The van der Waals surface area contributed by atoms with Crippen LogP contribution in [0.4, 0.5) is 0 Å². The van der Waals surface area contributed by atoms with Gasteiger partial charge in [-0.1, -0.05) is 18.5 Å². The zero-order chi connectivity index (χ0) is 18.3. The van der Waals surface area contributed by atoms with E-state index in [-0.39, 0.29) is 12.4 Å². The molecule has 8 heteroatoms. The van der Waals surface area contributed by atoms with Crippen LogP contribution in [-0.2, 0) is 13.0 Å². The average Bonchev–Trinajstić information content (AvgIpc) is 3.25. The minimum Gasteiger partial charge on any atom is -0.459 e. The predicted molar refractivity (Wildman–Crippen MR) is 94.4 cm³/mol. The highest BCUT2D eigenvalue weighted by atomic mass is 35.5. The zero-order valence-electron chi connectivity index (χ0n) is 13.7. The minimum absolute atomic E-state index is 0.0347. The number of rotatable bonds is 4. The topological polar surface area (TPSA) is 91.4 Å². The molecule has 0 amide bonds. The first-order chi connectivity index (χ1) is 12.5. The number of hydrogen-bond acceptors (Lipinski definition) is 6. The fourth-order valence-electron chi connectivity index (χ4n) is 2.76. The summed E-state index contributed by atoms with van der Waals surface area (Å²) in [7, 11) is 0. The van der Waals surface area contributed by atoms with Gasteiger partial charge in [-0.15, -0.1) is 5.10 Å². The molecule has 0 fully saturated rings. The Kier molecular flexibility index (Phi) is 4.00. The smallest absolute Gasteiger partial charge is 0.437 e. The molecule has 4 aromatic rings. The molecule has 3 heterocycles. The van der Waals surface area contributed by atoms with Gasteiger partial charge in [-0.25, -0.2) is 9.59 Å². The normalized spacial score (nSPS) is 11.3. The highest BCUT2D eigenvalue weighted by Crippen LogP contribution is 2.26. The summed E-state index contributed by atoms with van der Waals surface area (Å²) in [6.07, 6.45) is 2.16. The number of hydrogen-bond donors (Lipinski definition) is 0. The van der Waals surface area contributed by atoms with E-state index in [4.69, 9.17) is 24.9 Å². The van der Waals surface area contributed by atoms with Crippen molar-refractivity contribution in [2.24, 2.45) is 0 Å². The molecule has 0 bridgehead atoms. The van der Waals surface area contributed by atoms with Crippen LogP contribution in [0.15, 0.2) is 59.4 Å². The molecule has 7 nitrogen and oxygen atoms in total. The first-order valence-electron chi connectivity index (χ1n) is 7.92. The zero-order valence-corrected chi connectivity index (χ0v) is 14.4. The molecule has 26 heavy (non-hydrogen) atoms. The van der Waals surface area contributed by atoms with Crippen molar-refractivity contribution in [1.82, 2.24) is 9.78 Å². The van der Waals surface area contributed by atoms with Crippen LogP contribution in [0.25, 0.3) is 22.6 Å². The summed E-state index contributed by atoms with van der Waals surface area (Å²) < 4.78 is 16.7. The van der Waals surface area contributed by atoms with Crippen molar-refractivity contribution >= 4 is 22.6 Å². The number of aromatic nitrogens is 2. The van der Waals surface area contributed by atoms with E-state index in [1.807, 2.05) is 6.92 Å². The molecule has 0 N–H and O–H groups in total. The molecular weight excluding hydrogens is 360 g/mol. The molecule has 0 unspecified atom stereocenters. The minimum atomic E-state index is -0.658. The van der Waals surface area contributed by atoms with Gasteiger partial charge in [-0.05, 0) is 41.8 Å². The summed E-state index contributed by atoms with van der Waals surface area (Å²) in [5, 5.41) is 5.33. The maximum absolute atomic E-state index is 12.1. The van der Waals surface area contributed by atoms with Gasteiger partial charge in [0.1, 0.15) is 5.58 Å². The van der Waals surface area contributed by atoms with Gasteiger partial charge in [0.2, 0.25) is 0 Å². The van der Waals surface area contributed by atoms with E-state index in [0.717, 1.165) is 10.2 Å². The summed E-state index contributed by atoms with van der Waals surface area (Å²) in [6.45, 7) is 1.99. The first-order valence-corrected chi connectivity index (χ1v) is 8.30. The molecule has 0 aliphatic heterocycles. The van der Waals surface area contributed by atoms with Crippen LogP contribution in [0.3, 0.4) is 0 Å². The Bertz CT molecular complexity index is 1200. The second kappa shape index (κ2) is 6.34. The molecule has 4 rings (SSSR count). The largest absolute Gasteiger partial charge is 0.459 e. The number of furan rings is 1. The van der Waals surface area contributed by atoms with Gasteiger partial charge in [0.15, 0.2) is 5.76 Å². The van der Waals surface area contributed by atoms with Gasteiger partial charge >= 0.3 is 11.4 Å². The summed E-state index contributed by atoms with van der Waals surface area (Å²) in [5.41, 5.74) is 1.33. The second-order valence-electron chi connectivity index (χ2n) is 5.69. The van der Waals surface area contributed by atoms with E-state index >= 15 is 0 Å². The van der Waals surface area contributed by atoms with Crippen LogP contribution in [0.2, 0.25) is 5.02 Å². The van der Waals surface area contributed by atoms with E-state index in [1.165, 1.54) is 12.3 Å². The molecular formula is C18H13ClN2O5. The maximum Gasteiger partial charge on any atom is 0.437 e. The lowest BCUT2D eigenvalue weighted by atomic mass is 10.1. The molecule has 0 spiro atoms. The molecule has 0 aliphatic carbocycles. The van der Waals surface area contributed by atoms with Gasteiger partial charge in [-0.2, -0.15) is 4.68 Å². The Hall–Kier alpha value is -3.06. The van der Waals surface area contributed by atoms with E-state index in [2.05, 4.69) is 5.10 Å². The third-order valence-electron chi connectivity index (χ3n) is 4.04. The summed E-state index contributed by atoms with van der Waals surface area (Å²) >= 11 is 6.29. The molecule has 3 aromatic heterocycles. The van der Waals surface area contributed by atoms with E-state index in [1.54, 1.807) is 24.3 Å². The van der Waals surface area contributed by atoms with Gasteiger partial charge in [-0.3, -0.25) is 0 Å². The Morgan fingerprint density at radius 3 is 2.73 bits per heavy atom. The molecule has 0 atom stereocenters. The van der Waals surface area contributed by atoms with Crippen LogP contribution in [0, 0.1) is 0 Å². The van der Waals surface area contributed by atoms with Crippen molar-refractivity contribution in [2.75, 3.05) is 0 Å². The number of halogens is 1. The Morgan fingerprint density at radius 2 is 2.00 bits per heavy atom. The Morgan fingerprint density at radius 1 is 1.15 bits per heavy atom. The van der Waals surface area contributed by atoms with Crippen LogP contribution in [0.5, 0.6) is 0 Å². The quantitative estimate of drug-likeness (QED) is 0.509. The van der Waals surface area contributed by atoms with Crippen LogP contribution < -0.4 is 11.4 Å². The molecule has 0 saturated carbocycles. The lowest BCUT2D eigenvalue weighted by Gasteiger charge is -2.07. The highest BCUT2D eigenvalue weighted by Gasteiger charge is 2.15. The van der Waals surface area contributed by atoms with Gasteiger partial charge in [0.25, 0.3) is 5.89 Å². The van der Waals surface area contributed by atoms with E-state index in [9.17, 15) is 9.59 Å². The van der Waals surface area contributed by atoms with Crippen molar-refractivity contribution in [3.05, 3.63) is 73.7 Å². The third kappa shape index (κ3) is 2.86. The summed E-state index contributed by atoms with van der Waals surface area (Å²) in [6, 6.07) is 8.08. The second-order valence-corrected chi connectivity index (χ2v) is 6.10. The average molecular weight is 373 g/mol. The number of benzene rings is 1. The number of nitrogens with zero attached hydrogens (tertiary/aromatic N) is 2. The van der Waals surface area contributed by atoms with E-state index < -0.39 is 11.4 Å². The predicted octanol–water partition coefficient (Wildman–Crippen LogP) is 3.47. The molecule has 0 saturated heterocycles. The Labute approximate surface area is 151 Å². The van der Waals surface area contributed by atoms with Crippen molar-refractivity contribution < 1.29 is 13.3 Å². The van der Waals surface area contributed by atoms with Gasteiger partial charge in [0.05, 0.1) is 12.8 Å². The van der Waals surface area contributed by atoms with Gasteiger partial charge < -0.3 is 13.3 Å². The molecule has 0 aliphatic rings. The van der Waals surface area contributed by atoms with E-state index in [0.29, 0.717) is 33.7 Å². The van der Waals surface area contributed by atoms with Crippen molar-refractivity contribution in [3.63, 3.8) is 0 Å². The fraction of sp³-hybridized carbons (Fsp3) is 0.167. The lowest BCUT2D eigenvalue weighted by molar-refractivity contribution is 0.476. The highest BCUT2D eigenvalue weighted by molar-refractivity contribution is 6.32. The molecule has 0 radical (unpaired) electrons. The van der Waals surface area contributed by atoms with Crippen LogP contribution >= 0.6 is 11.6 Å². The summed E-state index contributed by atoms with van der Waals surface area (Å²) in [4.78, 5) is 24.0.